The summed E-state index contributed by atoms with van der Waals surface area (Å²) in [5, 5.41) is 0. The topological polar surface area (TPSA) is 55.6 Å². The van der Waals surface area contributed by atoms with Gasteiger partial charge in [0.25, 0.3) is 0 Å². The van der Waals surface area contributed by atoms with E-state index in [-0.39, 0.29) is 30.2 Å². The van der Waals surface area contributed by atoms with Gasteiger partial charge in [-0.25, -0.2) is 4.39 Å². The van der Waals surface area contributed by atoms with Gasteiger partial charge in [0.05, 0.1) is 5.41 Å². The van der Waals surface area contributed by atoms with Crippen molar-refractivity contribution < 1.29 is 13.9 Å². The monoisotopic (exact) mass is 370 g/mol. The number of rotatable bonds is 3. The Kier molecular flexibility index (Phi) is 6.83. The second kappa shape index (κ2) is 8.47. The van der Waals surface area contributed by atoms with Gasteiger partial charge in [-0.1, -0.05) is 12.1 Å². The van der Waals surface area contributed by atoms with Gasteiger partial charge in [-0.2, -0.15) is 0 Å². The van der Waals surface area contributed by atoms with E-state index < -0.39 is 5.41 Å². The lowest BCUT2D eigenvalue weighted by atomic mass is 9.72. The third-order valence-corrected chi connectivity index (χ3v) is 5.64. The molecule has 2 saturated heterocycles. The fraction of sp³-hybridized carbons (Fsp3) is 0.632. The Labute approximate surface area is 155 Å². The van der Waals surface area contributed by atoms with Crippen molar-refractivity contribution in [3.8, 4) is 0 Å². The molecule has 0 spiro atoms. The van der Waals surface area contributed by atoms with Crippen LogP contribution in [-0.2, 0) is 14.9 Å². The molecule has 0 aromatic heterocycles. The number of nitrogens with two attached hydrogens (primary N) is 1. The average Bonchev–Trinajstić information content (AvgIpc) is 2.62. The van der Waals surface area contributed by atoms with Crippen LogP contribution in [0, 0.1) is 11.7 Å². The van der Waals surface area contributed by atoms with Gasteiger partial charge in [-0.05, 0) is 56.2 Å². The first-order valence-corrected chi connectivity index (χ1v) is 8.92. The maximum atomic E-state index is 13.5. The minimum absolute atomic E-state index is 0. The van der Waals surface area contributed by atoms with Gasteiger partial charge in [0.1, 0.15) is 5.82 Å². The van der Waals surface area contributed by atoms with Gasteiger partial charge in [-0.15, -0.1) is 12.4 Å². The van der Waals surface area contributed by atoms with Crippen molar-refractivity contribution in [2.24, 2.45) is 11.7 Å². The summed E-state index contributed by atoms with van der Waals surface area (Å²) in [6.45, 7) is 4.65. The zero-order chi connectivity index (χ0) is 17.2. The first kappa shape index (κ1) is 20.1. The summed E-state index contributed by atoms with van der Waals surface area (Å²) < 4.78 is 18.8. The molecule has 0 bridgehead atoms. The summed E-state index contributed by atoms with van der Waals surface area (Å²) in [5.74, 6) is 0.235. The Morgan fingerprint density at radius 3 is 2.56 bits per heavy atom. The molecule has 2 aliphatic rings. The standard InChI is InChI=1S/C19H27FN2O2.ClH/c1-14(21)15-3-2-10-22(13-15)18(23)19(8-11-24-12-9-19)16-4-6-17(20)7-5-16;/h4-7,14-15H,2-3,8-13,21H2,1H3;1H. The number of carbonyl (C=O) groups excluding carboxylic acids is 1. The number of hydrogen-bond donors (Lipinski definition) is 1. The van der Waals surface area contributed by atoms with E-state index in [2.05, 4.69) is 0 Å². The molecule has 2 N–H and O–H groups in total. The summed E-state index contributed by atoms with van der Waals surface area (Å²) in [5.41, 5.74) is 6.38. The first-order chi connectivity index (χ1) is 11.5. The number of piperidine rings is 1. The second-order valence-electron chi connectivity index (χ2n) is 7.21. The highest BCUT2D eigenvalue weighted by atomic mass is 35.5. The number of ether oxygens (including phenoxy) is 1. The van der Waals surface area contributed by atoms with Crippen LogP contribution in [-0.4, -0.2) is 43.2 Å². The molecule has 6 heteroatoms. The Balaban J connectivity index is 0.00000225. The number of benzene rings is 1. The molecule has 0 aliphatic carbocycles. The van der Waals surface area contributed by atoms with Crippen LogP contribution in [0.4, 0.5) is 4.39 Å². The molecule has 4 nitrogen and oxygen atoms in total. The molecule has 2 atom stereocenters. The van der Waals surface area contributed by atoms with Crippen molar-refractivity contribution >= 4 is 18.3 Å². The van der Waals surface area contributed by atoms with E-state index in [1.807, 2.05) is 11.8 Å². The molecule has 2 heterocycles. The quantitative estimate of drug-likeness (QED) is 0.890. The van der Waals surface area contributed by atoms with Crippen LogP contribution >= 0.6 is 12.4 Å². The molecular formula is C19H28ClFN2O2. The predicted octanol–water partition coefficient (Wildman–Crippen LogP) is 2.88. The summed E-state index contributed by atoms with van der Waals surface area (Å²) in [7, 11) is 0. The van der Waals surface area contributed by atoms with E-state index in [9.17, 15) is 9.18 Å². The van der Waals surface area contributed by atoms with Crippen molar-refractivity contribution in [3.05, 3.63) is 35.6 Å². The summed E-state index contributed by atoms with van der Waals surface area (Å²) in [6.07, 6.45) is 3.37. The van der Waals surface area contributed by atoms with Crippen molar-refractivity contribution in [1.82, 2.24) is 4.90 Å². The lowest BCUT2D eigenvalue weighted by Crippen LogP contribution is -2.54. The van der Waals surface area contributed by atoms with E-state index in [1.54, 1.807) is 12.1 Å². The highest BCUT2D eigenvalue weighted by molar-refractivity contribution is 5.88. The summed E-state index contributed by atoms with van der Waals surface area (Å²) >= 11 is 0. The largest absolute Gasteiger partial charge is 0.381 e. The fourth-order valence-electron chi connectivity index (χ4n) is 4.04. The van der Waals surface area contributed by atoms with Crippen molar-refractivity contribution in [2.45, 2.75) is 44.1 Å². The molecule has 1 aromatic carbocycles. The Morgan fingerprint density at radius 2 is 1.96 bits per heavy atom. The third-order valence-electron chi connectivity index (χ3n) is 5.64. The Bertz CT molecular complexity index is 573. The van der Waals surface area contributed by atoms with Crippen LogP contribution in [0.3, 0.4) is 0 Å². The Morgan fingerprint density at radius 1 is 1.32 bits per heavy atom. The van der Waals surface area contributed by atoms with Gasteiger partial charge >= 0.3 is 0 Å². The van der Waals surface area contributed by atoms with E-state index in [1.165, 1.54) is 12.1 Å². The number of carbonyl (C=O) groups is 1. The van der Waals surface area contributed by atoms with Crippen molar-refractivity contribution in [3.63, 3.8) is 0 Å². The maximum Gasteiger partial charge on any atom is 0.233 e. The van der Waals surface area contributed by atoms with Crippen LogP contribution in [0.25, 0.3) is 0 Å². The molecule has 2 aliphatic heterocycles. The molecule has 2 fully saturated rings. The van der Waals surface area contributed by atoms with E-state index in [4.69, 9.17) is 10.5 Å². The SMILES string of the molecule is CC(N)C1CCCN(C(=O)C2(c3ccc(F)cc3)CCOCC2)C1.Cl. The molecule has 0 radical (unpaired) electrons. The van der Waals surface area contributed by atoms with E-state index >= 15 is 0 Å². The van der Waals surface area contributed by atoms with Gasteiger partial charge in [0, 0.05) is 32.3 Å². The molecule has 1 aromatic rings. The third kappa shape index (κ3) is 4.15. The fourth-order valence-corrected chi connectivity index (χ4v) is 4.04. The minimum Gasteiger partial charge on any atom is -0.381 e. The van der Waals surface area contributed by atoms with Gasteiger partial charge < -0.3 is 15.4 Å². The number of likely N-dealkylation sites (tertiary alicyclic amines) is 1. The van der Waals surface area contributed by atoms with Crippen LogP contribution in [0.2, 0.25) is 0 Å². The predicted molar refractivity (Wildman–Crippen MR) is 98.3 cm³/mol. The molecular weight excluding hydrogens is 343 g/mol. The molecule has 25 heavy (non-hydrogen) atoms. The lowest BCUT2D eigenvalue weighted by molar-refractivity contribution is -0.143. The molecule has 0 saturated carbocycles. The number of hydrogen-bond acceptors (Lipinski definition) is 3. The normalized spacial score (nSPS) is 24.3. The Hall–Kier alpha value is -1.17. The number of amides is 1. The van der Waals surface area contributed by atoms with Gasteiger partial charge in [0.15, 0.2) is 0 Å². The van der Waals surface area contributed by atoms with Crippen molar-refractivity contribution in [1.29, 1.82) is 0 Å². The van der Waals surface area contributed by atoms with Crippen molar-refractivity contribution in [2.75, 3.05) is 26.3 Å². The average molecular weight is 371 g/mol. The van der Waals surface area contributed by atoms with E-state index in [0.717, 1.165) is 31.5 Å². The highest BCUT2D eigenvalue weighted by Crippen LogP contribution is 2.38. The van der Waals surface area contributed by atoms with Crippen LogP contribution < -0.4 is 5.73 Å². The second-order valence-corrected chi connectivity index (χ2v) is 7.21. The molecule has 1 amide bonds. The van der Waals surface area contributed by atoms with Crippen LogP contribution in [0.5, 0.6) is 0 Å². The zero-order valence-corrected chi connectivity index (χ0v) is 15.6. The van der Waals surface area contributed by atoms with Gasteiger partial charge in [0.2, 0.25) is 5.91 Å². The zero-order valence-electron chi connectivity index (χ0n) is 14.7. The summed E-state index contributed by atoms with van der Waals surface area (Å²) in [4.78, 5) is 15.4. The maximum absolute atomic E-state index is 13.5. The van der Waals surface area contributed by atoms with Crippen LogP contribution in [0.15, 0.2) is 24.3 Å². The highest BCUT2D eigenvalue weighted by Gasteiger charge is 2.45. The number of nitrogens with zero attached hydrogens (tertiary/aromatic N) is 1. The summed E-state index contributed by atoms with van der Waals surface area (Å²) in [6, 6.07) is 6.50. The smallest absolute Gasteiger partial charge is 0.233 e. The molecule has 140 valence electrons. The van der Waals surface area contributed by atoms with Gasteiger partial charge in [-0.3, -0.25) is 4.79 Å². The molecule has 2 unspecified atom stereocenters. The van der Waals surface area contributed by atoms with E-state index in [0.29, 0.717) is 32.0 Å². The van der Waals surface area contributed by atoms with Crippen LogP contribution in [0.1, 0.15) is 38.2 Å². The number of halogens is 2. The molecule has 3 rings (SSSR count). The minimum atomic E-state index is -0.592. The first-order valence-electron chi connectivity index (χ1n) is 8.92. The lowest BCUT2D eigenvalue weighted by Gasteiger charge is -2.43.